The minimum absolute atomic E-state index is 0. The molecule has 0 aliphatic carbocycles. The summed E-state index contributed by atoms with van der Waals surface area (Å²) in [6.07, 6.45) is 3.89. The number of anilines is 1. The van der Waals surface area contributed by atoms with E-state index in [-0.39, 0.29) is 12.4 Å². The van der Waals surface area contributed by atoms with Crippen LogP contribution >= 0.6 is 12.4 Å². The average Bonchev–Trinajstić information content (AvgIpc) is 2.19. The van der Waals surface area contributed by atoms with E-state index in [1.807, 2.05) is 19.2 Å². The topological polar surface area (TPSA) is 55.0 Å². The van der Waals surface area contributed by atoms with Crippen molar-refractivity contribution in [2.75, 3.05) is 18.0 Å². The maximum absolute atomic E-state index is 5.84. The minimum atomic E-state index is 0. The Balaban J connectivity index is 0.00000112. The number of hydrogen-bond acceptors (Lipinski definition) is 4. The van der Waals surface area contributed by atoms with Gasteiger partial charge in [0, 0.05) is 31.0 Å². The highest BCUT2D eigenvalue weighted by Crippen LogP contribution is 2.14. The van der Waals surface area contributed by atoms with Gasteiger partial charge in [0.15, 0.2) is 0 Å². The van der Waals surface area contributed by atoms with Gasteiger partial charge in [0.25, 0.3) is 0 Å². The zero-order valence-electron chi connectivity index (χ0n) is 8.89. The summed E-state index contributed by atoms with van der Waals surface area (Å²) in [5.74, 6) is 0.844. The van der Waals surface area contributed by atoms with Gasteiger partial charge in [-0.2, -0.15) is 0 Å². The van der Waals surface area contributed by atoms with Crippen molar-refractivity contribution >= 4 is 18.4 Å². The van der Waals surface area contributed by atoms with Gasteiger partial charge >= 0.3 is 0 Å². The Bertz CT molecular complexity index is 310. The summed E-state index contributed by atoms with van der Waals surface area (Å²) in [6.45, 7) is 3.94. The predicted molar refractivity (Wildman–Crippen MR) is 63.4 cm³/mol. The first-order valence-corrected chi connectivity index (χ1v) is 5.06. The normalized spacial score (nSPS) is 17.3. The Hall–Kier alpha value is -0.870. The van der Waals surface area contributed by atoms with Crippen molar-refractivity contribution in [1.29, 1.82) is 0 Å². The van der Waals surface area contributed by atoms with Gasteiger partial charge in [-0.15, -0.1) is 12.4 Å². The molecule has 0 amide bonds. The second-order valence-corrected chi connectivity index (χ2v) is 3.82. The average molecular weight is 229 g/mol. The molecule has 0 atom stereocenters. The number of hydrogen-bond donors (Lipinski definition) is 1. The smallest absolute Gasteiger partial charge is 0.225 e. The zero-order chi connectivity index (χ0) is 9.97. The first kappa shape index (κ1) is 12.2. The van der Waals surface area contributed by atoms with Crippen LogP contribution in [-0.2, 0) is 0 Å². The molecular formula is C10H17ClN4. The number of aryl methyl sites for hydroxylation is 1. The van der Waals surface area contributed by atoms with Crippen molar-refractivity contribution in [1.82, 2.24) is 9.97 Å². The van der Waals surface area contributed by atoms with Crippen molar-refractivity contribution in [2.45, 2.75) is 25.8 Å². The highest BCUT2D eigenvalue weighted by molar-refractivity contribution is 5.85. The van der Waals surface area contributed by atoms with Crippen LogP contribution in [0.4, 0.5) is 5.95 Å². The van der Waals surface area contributed by atoms with Gasteiger partial charge in [-0.25, -0.2) is 9.97 Å². The van der Waals surface area contributed by atoms with Crippen molar-refractivity contribution < 1.29 is 0 Å². The van der Waals surface area contributed by atoms with E-state index in [9.17, 15) is 0 Å². The fourth-order valence-corrected chi connectivity index (χ4v) is 1.69. The zero-order valence-corrected chi connectivity index (χ0v) is 9.70. The van der Waals surface area contributed by atoms with Gasteiger partial charge in [0.1, 0.15) is 0 Å². The van der Waals surface area contributed by atoms with Crippen LogP contribution in [0.3, 0.4) is 0 Å². The molecule has 0 bridgehead atoms. The number of aromatic nitrogens is 2. The van der Waals surface area contributed by atoms with Crippen LogP contribution in [-0.4, -0.2) is 29.1 Å². The summed E-state index contributed by atoms with van der Waals surface area (Å²) >= 11 is 0. The summed E-state index contributed by atoms with van der Waals surface area (Å²) in [7, 11) is 0. The number of nitrogens with two attached hydrogens (primary N) is 1. The second kappa shape index (κ2) is 5.28. The van der Waals surface area contributed by atoms with E-state index < -0.39 is 0 Å². The van der Waals surface area contributed by atoms with Crippen LogP contribution in [0.2, 0.25) is 0 Å². The molecule has 1 saturated heterocycles. The van der Waals surface area contributed by atoms with Crippen molar-refractivity contribution in [2.24, 2.45) is 5.73 Å². The lowest BCUT2D eigenvalue weighted by Gasteiger charge is -2.30. The lowest BCUT2D eigenvalue weighted by molar-refractivity contribution is 0.495. The van der Waals surface area contributed by atoms with Crippen molar-refractivity contribution in [3.05, 3.63) is 18.0 Å². The van der Waals surface area contributed by atoms with E-state index >= 15 is 0 Å². The van der Waals surface area contributed by atoms with Crippen LogP contribution in [0.5, 0.6) is 0 Å². The van der Waals surface area contributed by atoms with Gasteiger partial charge in [-0.1, -0.05) is 0 Å². The van der Waals surface area contributed by atoms with E-state index in [4.69, 9.17) is 5.73 Å². The van der Waals surface area contributed by atoms with Crippen LogP contribution < -0.4 is 10.6 Å². The molecule has 1 aromatic heterocycles. The first-order valence-electron chi connectivity index (χ1n) is 5.06. The number of nitrogens with zero attached hydrogens (tertiary/aromatic N) is 3. The van der Waals surface area contributed by atoms with Gasteiger partial charge in [-0.05, 0) is 25.8 Å². The lowest BCUT2D eigenvalue weighted by Crippen LogP contribution is -2.40. The summed E-state index contributed by atoms with van der Waals surface area (Å²) < 4.78 is 0. The summed E-state index contributed by atoms with van der Waals surface area (Å²) in [6, 6.07) is 2.27. The van der Waals surface area contributed by atoms with E-state index in [1.165, 1.54) is 0 Å². The van der Waals surface area contributed by atoms with Gasteiger partial charge in [0.2, 0.25) is 5.95 Å². The highest BCUT2D eigenvalue weighted by atomic mass is 35.5. The van der Waals surface area contributed by atoms with Crippen LogP contribution in [0.25, 0.3) is 0 Å². The third kappa shape index (κ3) is 3.04. The fourth-order valence-electron chi connectivity index (χ4n) is 1.69. The standard InChI is InChI=1S/C10H16N4.ClH/c1-8-2-5-12-10(13-8)14-6-3-9(11)4-7-14;/h2,5,9H,3-4,6-7,11H2,1H3;1H. The molecular weight excluding hydrogens is 212 g/mol. The third-order valence-corrected chi connectivity index (χ3v) is 2.60. The molecule has 0 spiro atoms. The Morgan fingerprint density at radius 1 is 1.40 bits per heavy atom. The summed E-state index contributed by atoms with van der Waals surface area (Å²) in [4.78, 5) is 10.9. The largest absolute Gasteiger partial charge is 0.341 e. The molecule has 84 valence electrons. The molecule has 15 heavy (non-hydrogen) atoms. The molecule has 0 radical (unpaired) electrons. The van der Waals surface area contributed by atoms with E-state index in [0.29, 0.717) is 6.04 Å². The Kier molecular flexibility index (Phi) is 4.29. The molecule has 2 rings (SSSR count). The predicted octanol–water partition coefficient (Wildman–Crippen LogP) is 1.13. The maximum Gasteiger partial charge on any atom is 0.225 e. The van der Waals surface area contributed by atoms with E-state index in [2.05, 4.69) is 14.9 Å². The molecule has 2 heterocycles. The van der Waals surface area contributed by atoms with Crippen LogP contribution in [0.15, 0.2) is 12.3 Å². The molecule has 4 nitrogen and oxygen atoms in total. The van der Waals surface area contributed by atoms with Crippen LogP contribution in [0.1, 0.15) is 18.5 Å². The maximum atomic E-state index is 5.84. The molecule has 1 aliphatic heterocycles. The second-order valence-electron chi connectivity index (χ2n) is 3.82. The Labute approximate surface area is 96.3 Å². The molecule has 1 aliphatic rings. The molecule has 1 aromatic rings. The lowest BCUT2D eigenvalue weighted by atomic mass is 10.1. The Morgan fingerprint density at radius 3 is 2.67 bits per heavy atom. The fraction of sp³-hybridized carbons (Fsp3) is 0.600. The molecule has 0 saturated carbocycles. The molecule has 5 heteroatoms. The monoisotopic (exact) mass is 228 g/mol. The molecule has 0 unspecified atom stereocenters. The first-order chi connectivity index (χ1) is 6.75. The molecule has 0 aromatic carbocycles. The minimum Gasteiger partial charge on any atom is -0.341 e. The number of halogens is 1. The van der Waals surface area contributed by atoms with E-state index in [0.717, 1.165) is 37.6 Å². The SMILES string of the molecule is Cc1ccnc(N2CCC(N)CC2)n1.Cl. The van der Waals surface area contributed by atoms with Crippen molar-refractivity contribution in [3.8, 4) is 0 Å². The molecule has 2 N–H and O–H groups in total. The van der Waals surface area contributed by atoms with Gasteiger partial charge < -0.3 is 10.6 Å². The summed E-state index contributed by atoms with van der Waals surface area (Å²) in [5.41, 5.74) is 6.86. The van der Waals surface area contributed by atoms with Crippen LogP contribution in [0, 0.1) is 6.92 Å². The van der Waals surface area contributed by atoms with Gasteiger partial charge in [0.05, 0.1) is 0 Å². The number of rotatable bonds is 1. The highest BCUT2D eigenvalue weighted by Gasteiger charge is 2.17. The summed E-state index contributed by atoms with van der Waals surface area (Å²) in [5, 5.41) is 0. The quantitative estimate of drug-likeness (QED) is 0.783. The molecule has 1 fully saturated rings. The van der Waals surface area contributed by atoms with Crippen molar-refractivity contribution in [3.63, 3.8) is 0 Å². The van der Waals surface area contributed by atoms with Gasteiger partial charge in [-0.3, -0.25) is 0 Å². The Morgan fingerprint density at radius 2 is 2.07 bits per heavy atom. The third-order valence-electron chi connectivity index (χ3n) is 2.60. The number of piperidine rings is 1. The van der Waals surface area contributed by atoms with E-state index in [1.54, 1.807) is 0 Å².